The highest BCUT2D eigenvalue weighted by molar-refractivity contribution is 9.10. The van der Waals surface area contributed by atoms with Gasteiger partial charge in [-0.2, -0.15) is 0 Å². The minimum Gasteiger partial charge on any atom is -0.468 e. The molecule has 0 amide bonds. The Balaban J connectivity index is 3.00. The molecule has 1 heterocycles. The van der Waals surface area contributed by atoms with E-state index in [1.807, 2.05) is 6.07 Å². The van der Waals surface area contributed by atoms with E-state index in [1.165, 1.54) is 7.11 Å². The van der Waals surface area contributed by atoms with E-state index in [0.717, 1.165) is 0 Å². The topological polar surface area (TPSA) is 39.2 Å². The van der Waals surface area contributed by atoms with Gasteiger partial charge in [-0.15, -0.1) is 0 Å². The Morgan fingerprint density at radius 3 is 2.77 bits per heavy atom. The fraction of sp³-hybridized carbons (Fsp3) is 0.333. The first-order valence-corrected chi connectivity index (χ1v) is 4.57. The van der Waals surface area contributed by atoms with Crippen LogP contribution in [0.5, 0.6) is 0 Å². The highest BCUT2D eigenvalue weighted by Crippen LogP contribution is 2.30. The molecule has 3 nitrogen and oxygen atoms in total. The molecule has 0 radical (unpaired) electrons. The SMILES string of the molecule is COC(=O)[C@](C)(Br)c1ccccn1. The van der Waals surface area contributed by atoms with Gasteiger partial charge in [-0.25, -0.2) is 0 Å². The molecule has 0 aliphatic heterocycles. The number of hydrogen-bond donors (Lipinski definition) is 0. The standard InChI is InChI=1S/C9H10BrNO2/c1-9(10,8(12)13-2)7-5-3-4-6-11-7/h3-6H,1-2H3/t9-/m1/s1. The molecular formula is C9H10BrNO2. The molecule has 1 atom stereocenters. The highest BCUT2D eigenvalue weighted by atomic mass is 79.9. The summed E-state index contributed by atoms with van der Waals surface area (Å²) in [6, 6.07) is 5.39. The lowest BCUT2D eigenvalue weighted by atomic mass is 10.1. The lowest BCUT2D eigenvalue weighted by Gasteiger charge is -2.18. The minimum absolute atomic E-state index is 0.355. The van der Waals surface area contributed by atoms with Crippen LogP contribution in [0, 0.1) is 0 Å². The quantitative estimate of drug-likeness (QED) is 0.588. The van der Waals surface area contributed by atoms with E-state index in [9.17, 15) is 4.79 Å². The molecule has 0 bridgehead atoms. The Morgan fingerprint density at radius 2 is 2.31 bits per heavy atom. The van der Waals surface area contributed by atoms with Gasteiger partial charge in [-0.05, 0) is 19.1 Å². The van der Waals surface area contributed by atoms with Crippen LogP contribution in [-0.2, 0) is 13.9 Å². The number of aromatic nitrogens is 1. The Hall–Kier alpha value is -0.900. The molecule has 0 aliphatic carbocycles. The fourth-order valence-electron chi connectivity index (χ4n) is 0.937. The molecule has 1 rings (SSSR count). The van der Waals surface area contributed by atoms with Gasteiger partial charge in [-0.3, -0.25) is 9.78 Å². The zero-order valence-corrected chi connectivity index (χ0v) is 9.04. The van der Waals surface area contributed by atoms with Gasteiger partial charge >= 0.3 is 5.97 Å². The molecule has 0 unspecified atom stereocenters. The third kappa shape index (κ3) is 2.06. The lowest BCUT2D eigenvalue weighted by Crippen LogP contribution is -2.27. The van der Waals surface area contributed by atoms with Crippen molar-refractivity contribution in [3.05, 3.63) is 30.1 Å². The molecule has 1 aromatic rings. The average Bonchev–Trinajstić information content (AvgIpc) is 2.18. The van der Waals surface area contributed by atoms with Crippen LogP contribution in [-0.4, -0.2) is 18.1 Å². The maximum absolute atomic E-state index is 11.3. The van der Waals surface area contributed by atoms with Crippen molar-refractivity contribution in [2.24, 2.45) is 0 Å². The number of halogens is 1. The van der Waals surface area contributed by atoms with Crippen LogP contribution >= 0.6 is 15.9 Å². The second-order valence-corrected chi connectivity index (χ2v) is 4.30. The van der Waals surface area contributed by atoms with Crippen molar-refractivity contribution in [2.45, 2.75) is 11.2 Å². The summed E-state index contributed by atoms with van der Waals surface area (Å²) >= 11 is 3.28. The number of rotatable bonds is 2. The summed E-state index contributed by atoms with van der Waals surface area (Å²) in [7, 11) is 1.35. The third-order valence-corrected chi connectivity index (χ3v) is 2.44. The van der Waals surface area contributed by atoms with Crippen LogP contribution < -0.4 is 0 Å². The van der Waals surface area contributed by atoms with Crippen molar-refractivity contribution in [2.75, 3.05) is 7.11 Å². The maximum atomic E-state index is 11.3. The zero-order chi connectivity index (χ0) is 9.90. The van der Waals surface area contributed by atoms with Crippen molar-refractivity contribution >= 4 is 21.9 Å². The van der Waals surface area contributed by atoms with Gasteiger partial charge in [-0.1, -0.05) is 22.0 Å². The van der Waals surface area contributed by atoms with Crippen molar-refractivity contribution in [3.63, 3.8) is 0 Å². The van der Waals surface area contributed by atoms with Crippen LogP contribution in [0.25, 0.3) is 0 Å². The number of carbonyl (C=O) groups is 1. The molecule has 70 valence electrons. The van der Waals surface area contributed by atoms with Crippen LogP contribution in [0.4, 0.5) is 0 Å². The number of methoxy groups -OCH3 is 1. The molecule has 0 saturated carbocycles. The number of esters is 1. The zero-order valence-electron chi connectivity index (χ0n) is 7.45. The first-order valence-electron chi connectivity index (χ1n) is 3.78. The number of ether oxygens (including phenoxy) is 1. The van der Waals surface area contributed by atoms with Gasteiger partial charge in [0, 0.05) is 6.20 Å². The number of alkyl halides is 1. The van der Waals surface area contributed by atoms with Gasteiger partial charge in [0.05, 0.1) is 12.8 Å². The average molecular weight is 244 g/mol. The first kappa shape index (κ1) is 10.2. The molecule has 0 saturated heterocycles. The Labute approximate surface area is 85.3 Å². The normalized spacial score (nSPS) is 14.7. The van der Waals surface area contributed by atoms with Gasteiger partial charge in [0.1, 0.15) is 0 Å². The minimum atomic E-state index is -0.858. The molecule has 4 heteroatoms. The largest absolute Gasteiger partial charge is 0.468 e. The molecule has 0 fully saturated rings. The molecule has 1 aromatic heterocycles. The molecule has 0 aliphatic rings. The predicted octanol–water partition coefficient (Wildman–Crippen LogP) is 1.86. The summed E-state index contributed by atoms with van der Waals surface area (Å²) in [5.74, 6) is -0.355. The predicted molar refractivity (Wildman–Crippen MR) is 52.5 cm³/mol. The number of pyridine rings is 1. The summed E-state index contributed by atoms with van der Waals surface area (Å²) in [6.07, 6.45) is 1.64. The highest BCUT2D eigenvalue weighted by Gasteiger charge is 2.34. The monoisotopic (exact) mass is 243 g/mol. The van der Waals surface area contributed by atoms with Crippen molar-refractivity contribution in [1.82, 2.24) is 4.98 Å². The number of carbonyl (C=O) groups excluding carboxylic acids is 1. The van der Waals surface area contributed by atoms with Gasteiger partial charge in [0.2, 0.25) is 0 Å². The molecule has 13 heavy (non-hydrogen) atoms. The van der Waals surface area contributed by atoms with E-state index in [4.69, 9.17) is 0 Å². The summed E-state index contributed by atoms with van der Waals surface area (Å²) in [4.78, 5) is 15.4. The van der Waals surface area contributed by atoms with Gasteiger partial charge in [0.25, 0.3) is 0 Å². The van der Waals surface area contributed by atoms with E-state index in [-0.39, 0.29) is 5.97 Å². The van der Waals surface area contributed by atoms with Crippen LogP contribution in [0.3, 0.4) is 0 Å². The summed E-state index contributed by atoms with van der Waals surface area (Å²) < 4.78 is 3.79. The third-order valence-electron chi connectivity index (χ3n) is 1.71. The molecule has 0 N–H and O–H groups in total. The maximum Gasteiger partial charge on any atom is 0.328 e. The second-order valence-electron chi connectivity index (χ2n) is 2.71. The smallest absolute Gasteiger partial charge is 0.328 e. The molecule has 0 aromatic carbocycles. The van der Waals surface area contributed by atoms with Gasteiger partial charge in [0.15, 0.2) is 4.32 Å². The summed E-state index contributed by atoms with van der Waals surface area (Å²) in [6.45, 7) is 1.71. The van der Waals surface area contributed by atoms with Crippen LogP contribution in [0.1, 0.15) is 12.6 Å². The van der Waals surface area contributed by atoms with E-state index in [0.29, 0.717) is 5.69 Å². The Morgan fingerprint density at radius 1 is 1.62 bits per heavy atom. The van der Waals surface area contributed by atoms with Crippen LogP contribution in [0.15, 0.2) is 24.4 Å². The Bertz CT molecular complexity index is 298. The van der Waals surface area contributed by atoms with Gasteiger partial charge < -0.3 is 4.74 Å². The first-order chi connectivity index (χ1) is 6.09. The van der Waals surface area contributed by atoms with E-state index in [2.05, 4.69) is 25.7 Å². The summed E-state index contributed by atoms with van der Waals surface area (Å²) in [5.41, 5.74) is 0.641. The fourth-order valence-corrected chi connectivity index (χ4v) is 1.33. The Kier molecular flexibility index (Phi) is 3.03. The van der Waals surface area contributed by atoms with E-state index < -0.39 is 4.32 Å². The van der Waals surface area contributed by atoms with Crippen LogP contribution in [0.2, 0.25) is 0 Å². The second kappa shape index (κ2) is 3.87. The molecule has 0 spiro atoms. The number of nitrogens with zero attached hydrogens (tertiary/aromatic N) is 1. The van der Waals surface area contributed by atoms with E-state index >= 15 is 0 Å². The van der Waals surface area contributed by atoms with Crippen molar-refractivity contribution < 1.29 is 9.53 Å². The van der Waals surface area contributed by atoms with E-state index in [1.54, 1.807) is 25.3 Å². The van der Waals surface area contributed by atoms with Crippen molar-refractivity contribution in [3.8, 4) is 0 Å². The van der Waals surface area contributed by atoms with Crippen molar-refractivity contribution in [1.29, 1.82) is 0 Å². The molecular weight excluding hydrogens is 234 g/mol. The number of hydrogen-bond acceptors (Lipinski definition) is 3. The lowest BCUT2D eigenvalue weighted by molar-refractivity contribution is -0.143. The summed E-state index contributed by atoms with van der Waals surface area (Å²) in [5, 5.41) is 0.